The average Bonchev–Trinajstić information content (AvgIpc) is 2.48. The van der Waals surface area contributed by atoms with Gasteiger partial charge in [-0.3, -0.25) is 4.79 Å². The summed E-state index contributed by atoms with van der Waals surface area (Å²) < 4.78 is 0. The number of amides is 1. The van der Waals surface area contributed by atoms with Gasteiger partial charge in [0.05, 0.1) is 5.56 Å². The maximum Gasteiger partial charge on any atom is 0.255 e. The Hall–Kier alpha value is -1.62. The molecular weight excluding hydrogens is 252 g/mol. The number of anilines is 1. The number of carbonyl (C=O) groups is 1. The highest BCUT2D eigenvalue weighted by molar-refractivity contribution is 5.94. The smallest absolute Gasteiger partial charge is 0.255 e. The van der Waals surface area contributed by atoms with E-state index in [1.54, 1.807) is 6.20 Å². The molecular formula is C15H24N4O. The van der Waals surface area contributed by atoms with Gasteiger partial charge in [0.15, 0.2) is 0 Å². The lowest BCUT2D eigenvalue weighted by atomic mass is 10.0. The Morgan fingerprint density at radius 2 is 2.30 bits per heavy atom. The van der Waals surface area contributed by atoms with E-state index < -0.39 is 0 Å². The summed E-state index contributed by atoms with van der Waals surface area (Å²) in [7, 11) is 4.15. The van der Waals surface area contributed by atoms with Gasteiger partial charge in [-0.15, -0.1) is 0 Å². The molecule has 20 heavy (non-hydrogen) atoms. The normalized spacial score (nSPS) is 19.2. The van der Waals surface area contributed by atoms with E-state index in [0.29, 0.717) is 11.6 Å². The van der Waals surface area contributed by atoms with E-state index >= 15 is 0 Å². The van der Waals surface area contributed by atoms with Gasteiger partial charge in [-0.25, -0.2) is 4.98 Å². The second-order valence-corrected chi connectivity index (χ2v) is 5.47. The monoisotopic (exact) mass is 276 g/mol. The second-order valence-electron chi connectivity index (χ2n) is 5.47. The largest absolute Gasteiger partial charge is 0.370 e. The highest BCUT2D eigenvalue weighted by atomic mass is 16.2. The van der Waals surface area contributed by atoms with Crippen LogP contribution in [0.25, 0.3) is 0 Å². The fourth-order valence-electron chi connectivity index (χ4n) is 2.55. The average molecular weight is 276 g/mol. The fraction of sp³-hybridized carbons (Fsp3) is 0.600. The molecule has 5 nitrogen and oxygen atoms in total. The summed E-state index contributed by atoms with van der Waals surface area (Å²) in [5.41, 5.74) is 0.672. The third-order valence-electron chi connectivity index (χ3n) is 3.78. The van der Waals surface area contributed by atoms with Crippen molar-refractivity contribution in [2.75, 3.05) is 39.0 Å². The van der Waals surface area contributed by atoms with Gasteiger partial charge in [0.1, 0.15) is 5.82 Å². The van der Waals surface area contributed by atoms with Crippen molar-refractivity contribution in [1.82, 2.24) is 14.8 Å². The predicted octanol–water partition coefficient (Wildman–Crippen LogP) is 1.68. The zero-order valence-corrected chi connectivity index (χ0v) is 12.6. The topological polar surface area (TPSA) is 48.5 Å². The molecule has 1 fully saturated rings. The Bertz CT molecular complexity index is 444. The van der Waals surface area contributed by atoms with Crippen molar-refractivity contribution in [2.24, 2.45) is 0 Å². The van der Waals surface area contributed by atoms with Crippen LogP contribution in [0.4, 0.5) is 5.82 Å². The molecule has 1 aliphatic heterocycles. The Labute approximate surface area is 121 Å². The third kappa shape index (κ3) is 3.48. The third-order valence-corrected chi connectivity index (χ3v) is 3.78. The first-order valence-corrected chi connectivity index (χ1v) is 7.27. The number of nitrogens with zero attached hydrogens (tertiary/aromatic N) is 3. The summed E-state index contributed by atoms with van der Waals surface area (Å²) in [6.07, 6.45) is 3.89. The minimum atomic E-state index is 0.0899. The van der Waals surface area contributed by atoms with Crippen molar-refractivity contribution < 1.29 is 4.79 Å². The van der Waals surface area contributed by atoms with Gasteiger partial charge >= 0.3 is 0 Å². The van der Waals surface area contributed by atoms with Gasteiger partial charge in [-0.1, -0.05) is 0 Å². The lowest BCUT2D eigenvalue weighted by molar-refractivity contribution is 0.0635. The number of likely N-dealkylation sites (tertiary alicyclic amines) is 1. The molecule has 0 aliphatic carbocycles. The number of rotatable bonds is 4. The minimum Gasteiger partial charge on any atom is -0.370 e. The zero-order valence-electron chi connectivity index (χ0n) is 12.6. The van der Waals surface area contributed by atoms with E-state index in [1.807, 2.05) is 24.0 Å². The molecule has 0 aromatic carbocycles. The number of pyridine rings is 1. The van der Waals surface area contributed by atoms with Crippen LogP contribution in [0.2, 0.25) is 0 Å². The molecule has 1 amide bonds. The first-order chi connectivity index (χ1) is 9.61. The quantitative estimate of drug-likeness (QED) is 0.909. The van der Waals surface area contributed by atoms with E-state index in [1.165, 1.54) is 0 Å². The number of hydrogen-bond donors (Lipinski definition) is 1. The van der Waals surface area contributed by atoms with Crippen LogP contribution in [-0.2, 0) is 0 Å². The Balaban J connectivity index is 2.02. The van der Waals surface area contributed by atoms with E-state index in [-0.39, 0.29) is 5.91 Å². The maximum atomic E-state index is 12.5. The second kappa shape index (κ2) is 6.70. The van der Waals surface area contributed by atoms with Crippen LogP contribution in [0, 0.1) is 0 Å². The molecule has 1 N–H and O–H groups in total. The van der Waals surface area contributed by atoms with Gasteiger partial charge in [-0.2, -0.15) is 0 Å². The molecule has 2 heterocycles. The first kappa shape index (κ1) is 14.8. The molecule has 1 aromatic heterocycles. The number of hydrogen-bond acceptors (Lipinski definition) is 4. The summed E-state index contributed by atoms with van der Waals surface area (Å²) >= 11 is 0. The van der Waals surface area contributed by atoms with Crippen LogP contribution in [0.5, 0.6) is 0 Å². The van der Waals surface area contributed by atoms with Crippen LogP contribution < -0.4 is 5.32 Å². The molecule has 1 atom stereocenters. The summed E-state index contributed by atoms with van der Waals surface area (Å²) in [6.45, 7) is 4.51. The maximum absolute atomic E-state index is 12.5. The van der Waals surface area contributed by atoms with Crippen molar-refractivity contribution in [3.63, 3.8) is 0 Å². The molecule has 0 radical (unpaired) electrons. The van der Waals surface area contributed by atoms with Crippen molar-refractivity contribution in [2.45, 2.75) is 25.8 Å². The van der Waals surface area contributed by atoms with Crippen molar-refractivity contribution in [1.29, 1.82) is 0 Å². The van der Waals surface area contributed by atoms with Crippen LogP contribution >= 0.6 is 0 Å². The standard InChI is InChI=1S/C15H24N4O/c1-4-16-14-8-7-12(10-17-14)15(20)19-9-5-6-13(11-19)18(2)3/h7-8,10,13H,4-6,9,11H2,1-3H3,(H,16,17). The SMILES string of the molecule is CCNc1ccc(C(=O)N2CCCC(N(C)C)C2)cn1. The zero-order chi connectivity index (χ0) is 14.5. The number of piperidine rings is 1. The van der Waals surface area contributed by atoms with Crippen LogP contribution in [-0.4, -0.2) is 60.5 Å². The van der Waals surface area contributed by atoms with E-state index in [9.17, 15) is 4.79 Å². The number of carbonyl (C=O) groups excluding carboxylic acids is 1. The van der Waals surface area contributed by atoms with Gasteiger partial charge in [0, 0.05) is 31.9 Å². The summed E-state index contributed by atoms with van der Waals surface area (Å²) in [5.74, 6) is 0.904. The summed E-state index contributed by atoms with van der Waals surface area (Å²) in [6, 6.07) is 4.18. The fourth-order valence-corrected chi connectivity index (χ4v) is 2.55. The van der Waals surface area contributed by atoms with Crippen LogP contribution in [0.3, 0.4) is 0 Å². The molecule has 1 aliphatic rings. The molecule has 0 bridgehead atoms. The molecule has 0 spiro atoms. The predicted molar refractivity (Wildman–Crippen MR) is 81.0 cm³/mol. The van der Waals surface area contributed by atoms with Crippen LogP contribution in [0.15, 0.2) is 18.3 Å². The molecule has 1 unspecified atom stereocenters. The lowest BCUT2D eigenvalue weighted by Gasteiger charge is -2.36. The molecule has 1 aromatic rings. The molecule has 1 saturated heterocycles. The minimum absolute atomic E-state index is 0.0899. The first-order valence-electron chi connectivity index (χ1n) is 7.27. The van der Waals surface area contributed by atoms with Crippen molar-refractivity contribution in [3.8, 4) is 0 Å². The molecule has 110 valence electrons. The highest BCUT2D eigenvalue weighted by Gasteiger charge is 2.25. The molecule has 2 rings (SSSR count). The van der Waals surface area contributed by atoms with Crippen LogP contribution in [0.1, 0.15) is 30.1 Å². The lowest BCUT2D eigenvalue weighted by Crippen LogP contribution is -2.47. The van der Waals surface area contributed by atoms with E-state index in [0.717, 1.165) is 38.3 Å². The van der Waals surface area contributed by atoms with E-state index in [4.69, 9.17) is 0 Å². The Morgan fingerprint density at radius 3 is 2.90 bits per heavy atom. The molecule has 0 saturated carbocycles. The number of likely N-dealkylation sites (N-methyl/N-ethyl adjacent to an activating group) is 1. The number of nitrogens with one attached hydrogen (secondary N) is 1. The van der Waals surface area contributed by atoms with Gasteiger partial charge in [0.25, 0.3) is 5.91 Å². The Morgan fingerprint density at radius 1 is 1.50 bits per heavy atom. The van der Waals surface area contributed by atoms with Gasteiger partial charge < -0.3 is 15.1 Å². The Kier molecular flexibility index (Phi) is 4.95. The van der Waals surface area contributed by atoms with Crippen molar-refractivity contribution >= 4 is 11.7 Å². The summed E-state index contributed by atoms with van der Waals surface area (Å²) in [4.78, 5) is 20.9. The summed E-state index contributed by atoms with van der Waals surface area (Å²) in [5, 5.41) is 3.13. The molecule has 5 heteroatoms. The highest BCUT2D eigenvalue weighted by Crippen LogP contribution is 2.16. The van der Waals surface area contributed by atoms with E-state index in [2.05, 4.69) is 29.3 Å². The van der Waals surface area contributed by atoms with Gasteiger partial charge in [0.2, 0.25) is 0 Å². The van der Waals surface area contributed by atoms with Crippen molar-refractivity contribution in [3.05, 3.63) is 23.9 Å². The number of aromatic nitrogens is 1. The van der Waals surface area contributed by atoms with Gasteiger partial charge in [-0.05, 0) is 46.0 Å².